The lowest BCUT2D eigenvalue weighted by Gasteiger charge is -2.17. The molecular formula is C24H21F2N5O. The predicted octanol–water partition coefficient (Wildman–Crippen LogP) is 4.97. The first-order chi connectivity index (χ1) is 15.5. The first-order valence-electron chi connectivity index (χ1n) is 10.5. The summed E-state index contributed by atoms with van der Waals surface area (Å²) in [5, 5.41) is 7.82. The molecule has 32 heavy (non-hydrogen) atoms. The maximum atomic E-state index is 15.0. The Kier molecular flexibility index (Phi) is 5.05. The van der Waals surface area contributed by atoms with Crippen molar-refractivity contribution in [1.29, 1.82) is 0 Å². The first-order valence-corrected chi connectivity index (χ1v) is 10.5. The van der Waals surface area contributed by atoms with Gasteiger partial charge in [-0.2, -0.15) is 0 Å². The number of amides is 1. The lowest BCUT2D eigenvalue weighted by Crippen LogP contribution is -2.23. The minimum atomic E-state index is -0.447. The third-order valence-corrected chi connectivity index (χ3v) is 5.69. The largest absolute Gasteiger partial charge is 0.362 e. The summed E-state index contributed by atoms with van der Waals surface area (Å²) in [7, 11) is 0. The number of fused-ring (bicyclic) bond motifs is 1. The number of imidazole rings is 1. The minimum Gasteiger partial charge on any atom is -0.362 e. The standard InChI is InChI=1S/C24H21F2N5O/c1-15(16-4-2-5-17(25)12-16)28-22-9-10-23-27-14-21(31(23)29-22)19-8-7-18(13-20(19)26)30-11-3-6-24(30)32/h2,4-5,7-10,12-15H,3,6,11H2,1H3,(H,28,29)/t15-/m1/s1. The van der Waals surface area contributed by atoms with Gasteiger partial charge in [-0.15, -0.1) is 5.10 Å². The summed E-state index contributed by atoms with van der Waals surface area (Å²) in [6.45, 7) is 2.51. The lowest BCUT2D eigenvalue weighted by molar-refractivity contribution is -0.117. The van der Waals surface area contributed by atoms with Crippen molar-refractivity contribution < 1.29 is 13.6 Å². The van der Waals surface area contributed by atoms with Crippen LogP contribution in [-0.4, -0.2) is 27.0 Å². The molecular weight excluding hydrogens is 412 g/mol. The van der Waals surface area contributed by atoms with Crippen LogP contribution in [0, 0.1) is 11.6 Å². The van der Waals surface area contributed by atoms with Gasteiger partial charge in [0, 0.05) is 24.2 Å². The number of hydrogen-bond donors (Lipinski definition) is 1. The molecule has 5 rings (SSSR count). The van der Waals surface area contributed by atoms with E-state index in [1.807, 2.05) is 13.0 Å². The molecule has 6 nitrogen and oxygen atoms in total. The number of nitrogens with zero attached hydrogens (tertiary/aromatic N) is 4. The van der Waals surface area contributed by atoms with Gasteiger partial charge < -0.3 is 10.2 Å². The summed E-state index contributed by atoms with van der Waals surface area (Å²) in [6, 6.07) is 14.5. The van der Waals surface area contributed by atoms with E-state index >= 15 is 4.39 Å². The smallest absolute Gasteiger partial charge is 0.227 e. The van der Waals surface area contributed by atoms with Crippen molar-refractivity contribution in [2.24, 2.45) is 0 Å². The second-order valence-corrected chi connectivity index (χ2v) is 7.87. The molecule has 2 aromatic carbocycles. The van der Waals surface area contributed by atoms with Gasteiger partial charge >= 0.3 is 0 Å². The quantitative estimate of drug-likeness (QED) is 0.483. The Morgan fingerprint density at radius 3 is 2.72 bits per heavy atom. The number of aromatic nitrogens is 3. The molecule has 3 heterocycles. The molecule has 0 spiro atoms. The summed E-state index contributed by atoms with van der Waals surface area (Å²) in [6.07, 6.45) is 2.84. The van der Waals surface area contributed by atoms with E-state index in [1.54, 1.807) is 45.9 Å². The van der Waals surface area contributed by atoms with Crippen LogP contribution in [0.15, 0.2) is 60.8 Å². The molecule has 162 valence electrons. The second-order valence-electron chi connectivity index (χ2n) is 7.87. The monoisotopic (exact) mass is 433 g/mol. The SMILES string of the molecule is C[C@@H](Nc1ccc2ncc(-c3ccc(N4CCCC4=O)cc3F)n2n1)c1cccc(F)c1. The molecule has 1 amide bonds. The van der Waals surface area contributed by atoms with Gasteiger partial charge in [0.25, 0.3) is 0 Å². The number of carbonyl (C=O) groups is 1. The highest BCUT2D eigenvalue weighted by atomic mass is 19.1. The molecule has 1 fully saturated rings. The van der Waals surface area contributed by atoms with Crippen LogP contribution >= 0.6 is 0 Å². The van der Waals surface area contributed by atoms with Crippen molar-refractivity contribution in [1.82, 2.24) is 14.6 Å². The summed E-state index contributed by atoms with van der Waals surface area (Å²) < 4.78 is 30.1. The van der Waals surface area contributed by atoms with Gasteiger partial charge in [-0.3, -0.25) is 4.79 Å². The lowest BCUT2D eigenvalue weighted by atomic mass is 10.1. The van der Waals surface area contributed by atoms with E-state index in [4.69, 9.17) is 0 Å². The van der Waals surface area contributed by atoms with Crippen molar-refractivity contribution in [3.63, 3.8) is 0 Å². The second kappa shape index (κ2) is 8.03. The highest BCUT2D eigenvalue weighted by molar-refractivity contribution is 5.95. The Morgan fingerprint density at radius 2 is 1.97 bits per heavy atom. The van der Waals surface area contributed by atoms with E-state index in [0.717, 1.165) is 12.0 Å². The van der Waals surface area contributed by atoms with Crippen molar-refractivity contribution in [2.75, 3.05) is 16.8 Å². The van der Waals surface area contributed by atoms with Crippen molar-refractivity contribution in [3.05, 3.63) is 78.0 Å². The average molecular weight is 433 g/mol. The maximum absolute atomic E-state index is 15.0. The van der Waals surface area contributed by atoms with Crippen LogP contribution in [0.1, 0.15) is 31.4 Å². The molecule has 0 unspecified atom stereocenters. The molecule has 2 aromatic heterocycles. The number of halogens is 2. The molecule has 0 radical (unpaired) electrons. The highest BCUT2D eigenvalue weighted by Crippen LogP contribution is 2.29. The van der Waals surface area contributed by atoms with Crippen molar-refractivity contribution >= 4 is 23.1 Å². The van der Waals surface area contributed by atoms with Crippen LogP contribution < -0.4 is 10.2 Å². The number of carbonyl (C=O) groups excluding carboxylic acids is 1. The first kappa shape index (κ1) is 20.1. The zero-order chi connectivity index (χ0) is 22.2. The van der Waals surface area contributed by atoms with E-state index in [0.29, 0.717) is 41.4 Å². The van der Waals surface area contributed by atoms with Gasteiger partial charge in [-0.1, -0.05) is 12.1 Å². The molecule has 0 bridgehead atoms. The summed E-state index contributed by atoms with van der Waals surface area (Å²) >= 11 is 0. The van der Waals surface area contributed by atoms with E-state index < -0.39 is 5.82 Å². The molecule has 0 saturated carbocycles. The van der Waals surface area contributed by atoms with Crippen LogP contribution in [0.5, 0.6) is 0 Å². The Bertz CT molecular complexity index is 1320. The Balaban J connectivity index is 1.46. The van der Waals surface area contributed by atoms with Gasteiger partial charge in [0.1, 0.15) is 17.5 Å². The molecule has 4 aromatic rings. The van der Waals surface area contributed by atoms with Crippen LogP contribution in [0.2, 0.25) is 0 Å². The van der Waals surface area contributed by atoms with Crippen molar-refractivity contribution in [2.45, 2.75) is 25.8 Å². The Hall–Kier alpha value is -3.81. The Labute approximate surface area is 183 Å². The molecule has 0 aliphatic carbocycles. The summed E-state index contributed by atoms with van der Waals surface area (Å²) in [4.78, 5) is 17.9. The molecule has 1 atom stereocenters. The van der Waals surface area contributed by atoms with E-state index in [1.165, 1.54) is 18.2 Å². The summed E-state index contributed by atoms with van der Waals surface area (Å²) in [5.74, 6) is -0.187. The van der Waals surface area contributed by atoms with Crippen LogP contribution in [0.4, 0.5) is 20.3 Å². The van der Waals surface area contributed by atoms with Crippen LogP contribution in [0.25, 0.3) is 16.9 Å². The van der Waals surface area contributed by atoms with Crippen LogP contribution in [0.3, 0.4) is 0 Å². The third-order valence-electron chi connectivity index (χ3n) is 5.69. The number of anilines is 2. The fourth-order valence-electron chi connectivity index (χ4n) is 4.02. The number of nitrogens with one attached hydrogen (secondary N) is 1. The normalized spacial score (nSPS) is 14.8. The fraction of sp³-hybridized carbons (Fsp3) is 0.208. The topological polar surface area (TPSA) is 62.5 Å². The predicted molar refractivity (Wildman–Crippen MR) is 118 cm³/mol. The molecule has 8 heteroatoms. The fourth-order valence-corrected chi connectivity index (χ4v) is 4.02. The zero-order valence-corrected chi connectivity index (χ0v) is 17.4. The van der Waals surface area contributed by atoms with E-state index in [2.05, 4.69) is 15.4 Å². The zero-order valence-electron chi connectivity index (χ0n) is 17.4. The van der Waals surface area contributed by atoms with Gasteiger partial charge in [0.2, 0.25) is 5.91 Å². The molecule has 1 N–H and O–H groups in total. The highest BCUT2D eigenvalue weighted by Gasteiger charge is 2.23. The number of benzene rings is 2. The molecule has 1 saturated heterocycles. The van der Waals surface area contributed by atoms with Gasteiger partial charge in [-0.25, -0.2) is 18.3 Å². The molecule has 1 aliphatic heterocycles. The average Bonchev–Trinajstić information content (AvgIpc) is 3.39. The molecule has 1 aliphatic rings. The Morgan fingerprint density at radius 1 is 1.09 bits per heavy atom. The minimum absolute atomic E-state index is 0.0109. The van der Waals surface area contributed by atoms with E-state index in [-0.39, 0.29) is 17.8 Å². The van der Waals surface area contributed by atoms with Gasteiger partial charge in [-0.05, 0) is 61.4 Å². The third kappa shape index (κ3) is 3.68. The van der Waals surface area contributed by atoms with Gasteiger partial charge in [0.15, 0.2) is 5.65 Å². The number of hydrogen-bond acceptors (Lipinski definition) is 4. The van der Waals surface area contributed by atoms with Crippen molar-refractivity contribution in [3.8, 4) is 11.3 Å². The van der Waals surface area contributed by atoms with Gasteiger partial charge in [0.05, 0.1) is 17.9 Å². The van der Waals surface area contributed by atoms with E-state index in [9.17, 15) is 9.18 Å². The number of rotatable bonds is 5. The summed E-state index contributed by atoms with van der Waals surface area (Å²) in [5.41, 5.74) is 2.76. The maximum Gasteiger partial charge on any atom is 0.227 e. The van der Waals surface area contributed by atoms with Crippen LogP contribution in [-0.2, 0) is 4.79 Å².